The number of H-pyrrole nitrogens is 1. The molecule has 2 N–H and O–H groups in total. The minimum Gasteiger partial charge on any atom is -0.377 e. The third-order valence-corrected chi connectivity index (χ3v) is 2.53. The van der Waals surface area contributed by atoms with Crippen LogP contribution in [-0.2, 0) is 0 Å². The average molecular weight is 219 g/mol. The maximum absolute atomic E-state index is 13.1. The number of nitrogens with zero attached hydrogens (tertiary/aromatic N) is 1. The smallest absolute Gasteiger partial charge is 0.126 e. The van der Waals surface area contributed by atoms with Gasteiger partial charge in [0.05, 0.1) is 11.7 Å². The standard InChI is InChI=1S/C12H14FN3/c1-8-7-10(3-4-11(8)13)15-9(2)12-5-6-14-16-12/h3-7,9,15H,1-2H3,(H,14,16). The lowest BCUT2D eigenvalue weighted by Gasteiger charge is -2.14. The fourth-order valence-electron chi connectivity index (χ4n) is 1.57. The predicted molar refractivity (Wildman–Crippen MR) is 61.8 cm³/mol. The second kappa shape index (κ2) is 4.35. The summed E-state index contributed by atoms with van der Waals surface area (Å²) in [7, 11) is 0. The largest absolute Gasteiger partial charge is 0.377 e. The molecular formula is C12H14FN3. The van der Waals surface area contributed by atoms with Crippen LogP contribution < -0.4 is 5.32 Å². The van der Waals surface area contributed by atoms with Gasteiger partial charge in [-0.25, -0.2) is 4.39 Å². The van der Waals surface area contributed by atoms with Gasteiger partial charge in [-0.3, -0.25) is 5.10 Å². The van der Waals surface area contributed by atoms with Crippen LogP contribution in [-0.4, -0.2) is 10.2 Å². The molecule has 0 aliphatic carbocycles. The summed E-state index contributed by atoms with van der Waals surface area (Å²) in [4.78, 5) is 0. The van der Waals surface area contributed by atoms with Crippen molar-refractivity contribution in [3.63, 3.8) is 0 Å². The molecule has 1 atom stereocenters. The lowest BCUT2D eigenvalue weighted by molar-refractivity contribution is 0.618. The van der Waals surface area contributed by atoms with Crippen molar-refractivity contribution in [3.05, 3.63) is 47.5 Å². The Labute approximate surface area is 93.7 Å². The number of rotatable bonds is 3. The monoisotopic (exact) mass is 219 g/mol. The van der Waals surface area contributed by atoms with Gasteiger partial charge >= 0.3 is 0 Å². The van der Waals surface area contributed by atoms with Gasteiger partial charge in [0, 0.05) is 11.9 Å². The van der Waals surface area contributed by atoms with Crippen LogP contribution in [0, 0.1) is 12.7 Å². The van der Waals surface area contributed by atoms with Crippen molar-refractivity contribution in [2.45, 2.75) is 19.9 Å². The Morgan fingerprint density at radius 1 is 1.38 bits per heavy atom. The van der Waals surface area contributed by atoms with E-state index in [1.165, 1.54) is 6.07 Å². The molecule has 0 bridgehead atoms. The van der Waals surface area contributed by atoms with E-state index in [2.05, 4.69) is 15.5 Å². The van der Waals surface area contributed by atoms with Gasteiger partial charge in [-0.05, 0) is 43.7 Å². The number of benzene rings is 1. The van der Waals surface area contributed by atoms with Gasteiger partial charge in [-0.1, -0.05) is 0 Å². The molecule has 2 rings (SSSR count). The van der Waals surface area contributed by atoms with Crippen molar-refractivity contribution in [1.29, 1.82) is 0 Å². The number of hydrogen-bond donors (Lipinski definition) is 2. The van der Waals surface area contributed by atoms with Gasteiger partial charge in [0.1, 0.15) is 5.82 Å². The molecule has 1 heterocycles. The van der Waals surface area contributed by atoms with Crippen LogP contribution in [0.5, 0.6) is 0 Å². The van der Waals surface area contributed by atoms with Gasteiger partial charge in [-0.15, -0.1) is 0 Å². The first-order valence-electron chi connectivity index (χ1n) is 5.19. The Morgan fingerprint density at radius 3 is 2.81 bits per heavy atom. The zero-order valence-electron chi connectivity index (χ0n) is 9.29. The molecule has 16 heavy (non-hydrogen) atoms. The molecule has 0 saturated carbocycles. The first-order valence-corrected chi connectivity index (χ1v) is 5.19. The van der Waals surface area contributed by atoms with Crippen molar-refractivity contribution in [1.82, 2.24) is 10.2 Å². The molecule has 0 aliphatic heterocycles. The van der Waals surface area contributed by atoms with E-state index in [4.69, 9.17) is 0 Å². The van der Waals surface area contributed by atoms with Gasteiger partial charge in [-0.2, -0.15) is 5.10 Å². The first kappa shape index (κ1) is 10.7. The number of anilines is 1. The van der Waals surface area contributed by atoms with Crippen LogP contribution in [0.25, 0.3) is 0 Å². The Balaban J connectivity index is 2.12. The van der Waals surface area contributed by atoms with Crippen LogP contribution in [0.3, 0.4) is 0 Å². The highest BCUT2D eigenvalue weighted by atomic mass is 19.1. The Bertz CT molecular complexity index is 465. The fraction of sp³-hybridized carbons (Fsp3) is 0.250. The lowest BCUT2D eigenvalue weighted by Crippen LogP contribution is -2.07. The summed E-state index contributed by atoms with van der Waals surface area (Å²) < 4.78 is 13.1. The number of nitrogens with one attached hydrogen (secondary N) is 2. The van der Waals surface area contributed by atoms with Gasteiger partial charge in [0.15, 0.2) is 0 Å². The number of hydrogen-bond acceptors (Lipinski definition) is 2. The maximum Gasteiger partial charge on any atom is 0.126 e. The zero-order valence-corrected chi connectivity index (χ0v) is 9.29. The molecule has 1 unspecified atom stereocenters. The second-order valence-electron chi connectivity index (χ2n) is 3.84. The van der Waals surface area contributed by atoms with Crippen molar-refractivity contribution in [2.75, 3.05) is 5.32 Å². The van der Waals surface area contributed by atoms with E-state index in [1.54, 1.807) is 25.3 Å². The molecule has 84 valence electrons. The summed E-state index contributed by atoms with van der Waals surface area (Å²) in [5.74, 6) is -0.181. The van der Waals surface area contributed by atoms with Crippen LogP contribution in [0.1, 0.15) is 24.2 Å². The van der Waals surface area contributed by atoms with Gasteiger partial charge in [0.25, 0.3) is 0 Å². The van der Waals surface area contributed by atoms with Crippen LogP contribution in [0.15, 0.2) is 30.5 Å². The SMILES string of the molecule is Cc1cc(NC(C)c2ccn[nH]2)ccc1F. The molecule has 0 spiro atoms. The fourth-order valence-corrected chi connectivity index (χ4v) is 1.57. The van der Waals surface area contributed by atoms with Crippen LogP contribution >= 0.6 is 0 Å². The van der Waals surface area contributed by atoms with Crippen molar-refractivity contribution < 1.29 is 4.39 Å². The summed E-state index contributed by atoms with van der Waals surface area (Å²) in [5, 5.41) is 10.1. The molecule has 3 nitrogen and oxygen atoms in total. The van der Waals surface area contributed by atoms with E-state index >= 15 is 0 Å². The van der Waals surface area contributed by atoms with E-state index < -0.39 is 0 Å². The van der Waals surface area contributed by atoms with Crippen molar-refractivity contribution in [2.24, 2.45) is 0 Å². The minimum absolute atomic E-state index is 0.118. The third-order valence-electron chi connectivity index (χ3n) is 2.53. The number of aryl methyl sites for hydroxylation is 1. The normalized spacial score (nSPS) is 12.4. The van der Waals surface area contributed by atoms with Gasteiger partial charge < -0.3 is 5.32 Å². The lowest BCUT2D eigenvalue weighted by atomic mass is 10.2. The van der Waals surface area contributed by atoms with E-state index in [0.29, 0.717) is 5.56 Å². The molecule has 2 aromatic rings. The Kier molecular flexibility index (Phi) is 2.90. The zero-order chi connectivity index (χ0) is 11.5. The van der Waals surface area contributed by atoms with Crippen molar-refractivity contribution >= 4 is 5.69 Å². The van der Waals surface area contributed by atoms with E-state index in [1.807, 2.05) is 13.0 Å². The molecule has 0 amide bonds. The highest BCUT2D eigenvalue weighted by Crippen LogP contribution is 2.19. The van der Waals surface area contributed by atoms with Crippen LogP contribution in [0.2, 0.25) is 0 Å². The molecule has 1 aromatic carbocycles. The van der Waals surface area contributed by atoms with Crippen molar-refractivity contribution in [3.8, 4) is 0 Å². The first-order chi connectivity index (χ1) is 7.66. The minimum atomic E-state index is -0.181. The molecule has 0 radical (unpaired) electrons. The molecule has 4 heteroatoms. The topological polar surface area (TPSA) is 40.7 Å². The summed E-state index contributed by atoms with van der Waals surface area (Å²) >= 11 is 0. The second-order valence-corrected chi connectivity index (χ2v) is 3.84. The molecule has 0 saturated heterocycles. The summed E-state index contributed by atoms with van der Waals surface area (Å²) in [6, 6.07) is 7.02. The van der Waals surface area contributed by atoms with E-state index in [0.717, 1.165) is 11.4 Å². The molecular weight excluding hydrogens is 205 g/mol. The van der Waals surface area contributed by atoms with E-state index in [-0.39, 0.29) is 11.9 Å². The highest BCUT2D eigenvalue weighted by molar-refractivity contribution is 5.47. The summed E-state index contributed by atoms with van der Waals surface area (Å²) in [6.45, 7) is 3.77. The third kappa shape index (κ3) is 2.21. The van der Waals surface area contributed by atoms with Crippen LogP contribution in [0.4, 0.5) is 10.1 Å². The predicted octanol–water partition coefficient (Wildman–Crippen LogP) is 3.03. The molecule has 0 fully saturated rings. The highest BCUT2D eigenvalue weighted by Gasteiger charge is 2.07. The summed E-state index contributed by atoms with van der Waals surface area (Å²) in [5.41, 5.74) is 2.55. The van der Waals surface area contributed by atoms with Gasteiger partial charge in [0.2, 0.25) is 0 Å². The number of halogens is 1. The Morgan fingerprint density at radius 2 is 2.19 bits per heavy atom. The molecule has 0 aliphatic rings. The number of aromatic nitrogens is 2. The molecule has 1 aromatic heterocycles. The van der Waals surface area contributed by atoms with E-state index in [9.17, 15) is 4.39 Å². The number of aromatic amines is 1. The quantitative estimate of drug-likeness (QED) is 0.833. The average Bonchev–Trinajstić information content (AvgIpc) is 2.77. The Hall–Kier alpha value is -1.84. The summed E-state index contributed by atoms with van der Waals surface area (Å²) in [6.07, 6.45) is 1.71. The maximum atomic E-state index is 13.1.